The van der Waals surface area contributed by atoms with Crippen LogP contribution in [0.25, 0.3) is 10.9 Å². The van der Waals surface area contributed by atoms with Gasteiger partial charge in [-0.05, 0) is 46.7 Å². The van der Waals surface area contributed by atoms with E-state index < -0.39 is 18.1 Å². The molecule has 1 unspecified atom stereocenters. The van der Waals surface area contributed by atoms with Crippen molar-refractivity contribution in [3.05, 3.63) is 101 Å². The first-order valence-corrected chi connectivity index (χ1v) is 14.0. The van der Waals surface area contributed by atoms with Gasteiger partial charge in [0.05, 0.1) is 11.3 Å². The maximum absolute atomic E-state index is 14.3. The number of H-pyrrole nitrogens is 1. The average molecular weight is 535 g/mol. The van der Waals surface area contributed by atoms with Crippen LogP contribution in [-0.2, 0) is 11.2 Å². The maximum atomic E-state index is 14.3. The highest BCUT2D eigenvalue weighted by Gasteiger charge is 2.53. The third kappa shape index (κ3) is 4.17. The summed E-state index contributed by atoms with van der Waals surface area (Å²) in [6.07, 6.45) is 0.405. The van der Waals surface area contributed by atoms with Crippen LogP contribution in [0.2, 0.25) is 0 Å². The van der Waals surface area contributed by atoms with Crippen molar-refractivity contribution in [1.29, 1.82) is 0 Å². The van der Waals surface area contributed by atoms with Gasteiger partial charge in [0.2, 0.25) is 0 Å². The largest absolute Gasteiger partial charge is 0.356 e. The van der Waals surface area contributed by atoms with E-state index in [2.05, 4.69) is 54.5 Å². The number of anilines is 1. The second-order valence-electron chi connectivity index (χ2n) is 11.5. The van der Waals surface area contributed by atoms with Gasteiger partial charge in [0.25, 0.3) is 11.8 Å². The molecule has 40 heavy (non-hydrogen) atoms. The van der Waals surface area contributed by atoms with Crippen molar-refractivity contribution in [2.75, 3.05) is 11.4 Å². The number of hydrogen-bond donors (Lipinski definition) is 2. The van der Waals surface area contributed by atoms with Crippen molar-refractivity contribution in [3.63, 3.8) is 0 Å². The standard InChI is InChI=1S/C33H34N4O3/c1-19(2)18-34-31(38)24-10-6-8-12-27(24)37-32(39)28-17-25-23-9-5-7-11-26(23)35-29(25)30(36(28)33(37)40)22-15-13-21(14-16-22)20(3)4/h5-16,19-20,28,30,35H,17-18H2,1-4H3,(H,34,38)/t28-,30?/m0/s1. The number of nitrogens with one attached hydrogen (secondary N) is 2. The van der Waals surface area contributed by atoms with Crippen LogP contribution < -0.4 is 10.2 Å². The summed E-state index contributed by atoms with van der Waals surface area (Å²) in [5, 5.41) is 3.99. The first-order valence-electron chi connectivity index (χ1n) is 14.0. The number of rotatable bonds is 6. The second kappa shape index (κ2) is 9.97. The van der Waals surface area contributed by atoms with E-state index in [0.717, 1.165) is 27.7 Å². The molecule has 2 aliphatic heterocycles. The number of urea groups is 1. The summed E-state index contributed by atoms with van der Waals surface area (Å²) in [5.74, 6) is 0.0353. The van der Waals surface area contributed by atoms with Gasteiger partial charge in [0.1, 0.15) is 12.1 Å². The van der Waals surface area contributed by atoms with E-state index in [1.165, 1.54) is 10.5 Å². The van der Waals surface area contributed by atoms with E-state index in [-0.39, 0.29) is 17.7 Å². The van der Waals surface area contributed by atoms with Crippen molar-refractivity contribution in [3.8, 4) is 0 Å². The van der Waals surface area contributed by atoms with E-state index in [1.807, 2.05) is 32.0 Å². The summed E-state index contributed by atoms with van der Waals surface area (Å²) < 4.78 is 0. The predicted octanol–water partition coefficient (Wildman–Crippen LogP) is 6.16. The molecule has 1 fully saturated rings. The highest BCUT2D eigenvalue weighted by molar-refractivity contribution is 6.24. The molecule has 7 heteroatoms. The molecule has 204 valence electrons. The van der Waals surface area contributed by atoms with E-state index >= 15 is 0 Å². The fourth-order valence-corrected chi connectivity index (χ4v) is 5.96. The minimum absolute atomic E-state index is 0.270. The number of amides is 4. The van der Waals surface area contributed by atoms with Crippen molar-refractivity contribution in [1.82, 2.24) is 15.2 Å². The van der Waals surface area contributed by atoms with Gasteiger partial charge in [0, 0.05) is 29.6 Å². The number of carbonyl (C=O) groups excluding carboxylic acids is 3. The number of aromatic nitrogens is 1. The summed E-state index contributed by atoms with van der Waals surface area (Å²) in [6, 6.07) is 21.7. The van der Waals surface area contributed by atoms with Gasteiger partial charge in [-0.15, -0.1) is 0 Å². The van der Waals surface area contributed by atoms with E-state index in [0.29, 0.717) is 30.1 Å². The van der Waals surface area contributed by atoms with Crippen LogP contribution in [0.1, 0.15) is 72.4 Å². The summed E-state index contributed by atoms with van der Waals surface area (Å²) in [4.78, 5) is 48.0. The maximum Gasteiger partial charge on any atom is 0.332 e. The Balaban J connectivity index is 1.46. The number of nitrogens with zero attached hydrogens (tertiary/aromatic N) is 2. The molecule has 2 atom stereocenters. The van der Waals surface area contributed by atoms with Crippen molar-refractivity contribution in [2.45, 2.75) is 52.1 Å². The molecule has 2 N–H and O–H groups in total. The second-order valence-corrected chi connectivity index (χ2v) is 11.5. The molecule has 2 aliphatic rings. The molecule has 4 amide bonds. The Labute approximate surface area is 234 Å². The summed E-state index contributed by atoms with van der Waals surface area (Å²) >= 11 is 0. The Kier molecular flexibility index (Phi) is 6.45. The average Bonchev–Trinajstić information content (AvgIpc) is 3.44. The molecule has 3 aromatic carbocycles. The molecule has 0 spiro atoms. The monoisotopic (exact) mass is 534 g/mol. The lowest BCUT2D eigenvalue weighted by molar-refractivity contribution is -0.120. The lowest BCUT2D eigenvalue weighted by Gasteiger charge is -2.36. The molecular weight excluding hydrogens is 500 g/mol. The summed E-state index contributed by atoms with van der Waals surface area (Å²) in [7, 11) is 0. The van der Waals surface area contributed by atoms with Crippen LogP contribution in [0.5, 0.6) is 0 Å². The number of fused-ring (bicyclic) bond motifs is 4. The summed E-state index contributed by atoms with van der Waals surface area (Å²) in [6.45, 7) is 8.83. The number of imide groups is 1. The number of hydrogen-bond acceptors (Lipinski definition) is 3. The predicted molar refractivity (Wildman–Crippen MR) is 156 cm³/mol. The van der Waals surface area contributed by atoms with Crippen LogP contribution in [0.15, 0.2) is 72.8 Å². The zero-order valence-electron chi connectivity index (χ0n) is 23.3. The summed E-state index contributed by atoms with van der Waals surface area (Å²) in [5.41, 5.74) is 5.75. The molecule has 4 aromatic rings. The van der Waals surface area contributed by atoms with Gasteiger partial charge in [-0.25, -0.2) is 9.69 Å². The van der Waals surface area contributed by atoms with Crippen LogP contribution in [-0.4, -0.2) is 40.3 Å². The third-order valence-electron chi connectivity index (χ3n) is 8.03. The molecule has 0 saturated carbocycles. The van der Waals surface area contributed by atoms with Crippen molar-refractivity contribution < 1.29 is 14.4 Å². The lowest BCUT2D eigenvalue weighted by atomic mass is 9.88. The van der Waals surface area contributed by atoms with Crippen LogP contribution >= 0.6 is 0 Å². The minimum Gasteiger partial charge on any atom is -0.356 e. The quantitative estimate of drug-likeness (QED) is 0.291. The van der Waals surface area contributed by atoms with E-state index in [9.17, 15) is 14.4 Å². The smallest absolute Gasteiger partial charge is 0.332 e. The zero-order valence-corrected chi connectivity index (χ0v) is 23.3. The molecule has 1 aromatic heterocycles. The molecular formula is C33H34N4O3. The van der Waals surface area contributed by atoms with Crippen LogP contribution in [0, 0.1) is 5.92 Å². The normalized spacial score (nSPS) is 18.6. The van der Waals surface area contributed by atoms with Gasteiger partial charge < -0.3 is 10.3 Å². The van der Waals surface area contributed by atoms with Crippen LogP contribution in [0.4, 0.5) is 10.5 Å². The number of para-hydroxylation sites is 2. The number of aromatic amines is 1. The molecule has 0 bridgehead atoms. The van der Waals surface area contributed by atoms with Gasteiger partial charge in [-0.2, -0.15) is 0 Å². The Morgan fingerprint density at radius 3 is 2.38 bits per heavy atom. The minimum atomic E-state index is -0.680. The highest BCUT2D eigenvalue weighted by Crippen LogP contribution is 2.45. The fraction of sp³-hybridized carbons (Fsp3) is 0.303. The molecule has 0 radical (unpaired) electrons. The van der Waals surface area contributed by atoms with Gasteiger partial charge in [-0.3, -0.25) is 14.5 Å². The molecule has 7 nitrogen and oxygen atoms in total. The van der Waals surface area contributed by atoms with Gasteiger partial charge in [0.15, 0.2) is 0 Å². The molecule has 6 rings (SSSR count). The van der Waals surface area contributed by atoms with E-state index in [4.69, 9.17) is 0 Å². The Hall–Kier alpha value is -4.39. The van der Waals surface area contributed by atoms with Gasteiger partial charge >= 0.3 is 6.03 Å². The number of carbonyl (C=O) groups is 3. The fourth-order valence-electron chi connectivity index (χ4n) is 5.96. The van der Waals surface area contributed by atoms with Gasteiger partial charge in [-0.1, -0.05) is 82.3 Å². The van der Waals surface area contributed by atoms with Crippen LogP contribution in [0.3, 0.4) is 0 Å². The first kappa shape index (κ1) is 25.9. The number of benzene rings is 3. The van der Waals surface area contributed by atoms with Crippen molar-refractivity contribution in [2.24, 2.45) is 5.92 Å². The van der Waals surface area contributed by atoms with E-state index in [1.54, 1.807) is 29.2 Å². The molecule has 1 saturated heterocycles. The Morgan fingerprint density at radius 1 is 0.950 bits per heavy atom. The highest BCUT2D eigenvalue weighted by atomic mass is 16.2. The zero-order chi connectivity index (χ0) is 28.1. The molecule has 0 aliphatic carbocycles. The molecule has 3 heterocycles. The SMILES string of the molecule is CC(C)CNC(=O)c1ccccc1N1C(=O)[C@@H]2Cc3c([nH]c4ccccc34)C(c3ccc(C(C)C)cc3)N2C1=O. The Morgan fingerprint density at radius 2 is 1.65 bits per heavy atom. The topological polar surface area (TPSA) is 85.5 Å². The first-order chi connectivity index (χ1) is 19.3. The Bertz CT molecular complexity index is 1620. The third-order valence-corrected chi connectivity index (χ3v) is 8.03. The lowest BCUT2D eigenvalue weighted by Crippen LogP contribution is -2.44. The van der Waals surface area contributed by atoms with Crippen molar-refractivity contribution >= 4 is 34.4 Å².